The maximum absolute atomic E-state index is 11.9. The van der Waals surface area contributed by atoms with Crippen LogP contribution in [0.15, 0.2) is 24.3 Å². The fraction of sp³-hybridized carbons (Fsp3) is 0.385. The van der Waals surface area contributed by atoms with Gasteiger partial charge in [-0.05, 0) is 30.7 Å². The summed E-state index contributed by atoms with van der Waals surface area (Å²) in [5, 5.41) is 0. The van der Waals surface area contributed by atoms with Gasteiger partial charge in [-0.1, -0.05) is 6.92 Å². The van der Waals surface area contributed by atoms with E-state index in [0.717, 1.165) is 17.7 Å². The first-order chi connectivity index (χ1) is 8.22. The highest BCUT2D eigenvalue weighted by atomic mass is 16.5. The lowest BCUT2D eigenvalue weighted by atomic mass is 9.85. The second kappa shape index (κ2) is 4.57. The van der Waals surface area contributed by atoms with E-state index < -0.39 is 0 Å². The van der Waals surface area contributed by atoms with Gasteiger partial charge in [0, 0.05) is 5.69 Å². The van der Waals surface area contributed by atoms with E-state index in [1.54, 1.807) is 36.3 Å². The largest absolute Gasteiger partial charge is 0.497 e. The summed E-state index contributed by atoms with van der Waals surface area (Å²) in [6, 6.07) is 6.83. The smallest absolute Gasteiger partial charge is 0.233 e. The van der Waals surface area contributed by atoms with E-state index in [1.807, 2.05) is 6.92 Å². The zero-order valence-electron chi connectivity index (χ0n) is 9.92. The summed E-state index contributed by atoms with van der Waals surface area (Å²) in [4.78, 5) is 24.4. The normalized spacial score (nSPS) is 23.2. The van der Waals surface area contributed by atoms with Crippen molar-refractivity contribution >= 4 is 17.9 Å². The molecule has 0 aliphatic carbocycles. The standard InChI is InChI=1S/C13H15NO3/c1-3-11-12(8-15)14(13(11)16)9-4-6-10(17-2)7-5-9/h4-8,11-12H,3H2,1-2H3/t11-,12+/m1/s1. The monoisotopic (exact) mass is 233 g/mol. The Labute approximate surface area is 100 Å². The van der Waals surface area contributed by atoms with E-state index in [1.165, 1.54) is 0 Å². The first-order valence-corrected chi connectivity index (χ1v) is 5.65. The predicted octanol–water partition coefficient (Wildman–Crippen LogP) is 1.64. The van der Waals surface area contributed by atoms with Crippen LogP contribution in [0.5, 0.6) is 5.75 Å². The number of amides is 1. The zero-order chi connectivity index (χ0) is 12.4. The van der Waals surface area contributed by atoms with Crippen LogP contribution >= 0.6 is 0 Å². The minimum Gasteiger partial charge on any atom is -0.497 e. The van der Waals surface area contributed by atoms with Crippen molar-refractivity contribution in [3.63, 3.8) is 0 Å². The van der Waals surface area contributed by atoms with Gasteiger partial charge in [-0.3, -0.25) is 4.79 Å². The molecule has 4 heteroatoms. The maximum Gasteiger partial charge on any atom is 0.233 e. The molecule has 1 amide bonds. The third kappa shape index (κ3) is 1.79. The average Bonchev–Trinajstić information content (AvgIpc) is 2.37. The fourth-order valence-electron chi connectivity index (χ4n) is 2.18. The van der Waals surface area contributed by atoms with Gasteiger partial charge >= 0.3 is 0 Å². The molecule has 0 bridgehead atoms. The van der Waals surface area contributed by atoms with Gasteiger partial charge in [0.15, 0.2) is 0 Å². The number of hydrogen-bond acceptors (Lipinski definition) is 3. The van der Waals surface area contributed by atoms with Gasteiger partial charge in [-0.15, -0.1) is 0 Å². The van der Waals surface area contributed by atoms with Crippen molar-refractivity contribution in [2.24, 2.45) is 5.92 Å². The molecule has 17 heavy (non-hydrogen) atoms. The molecule has 1 fully saturated rings. The number of rotatable bonds is 4. The quantitative estimate of drug-likeness (QED) is 0.586. The maximum atomic E-state index is 11.9. The van der Waals surface area contributed by atoms with Gasteiger partial charge in [-0.25, -0.2) is 0 Å². The molecule has 0 spiro atoms. The zero-order valence-corrected chi connectivity index (χ0v) is 9.92. The Morgan fingerprint density at radius 2 is 2.00 bits per heavy atom. The molecule has 1 aromatic rings. The Morgan fingerprint density at radius 3 is 2.47 bits per heavy atom. The molecule has 2 atom stereocenters. The second-order valence-electron chi connectivity index (χ2n) is 4.05. The first kappa shape index (κ1) is 11.6. The van der Waals surface area contributed by atoms with Crippen molar-refractivity contribution < 1.29 is 14.3 Å². The average molecular weight is 233 g/mol. The van der Waals surface area contributed by atoms with Crippen LogP contribution in [0.25, 0.3) is 0 Å². The molecule has 0 aromatic heterocycles. The van der Waals surface area contributed by atoms with Crippen LogP contribution in [0.2, 0.25) is 0 Å². The van der Waals surface area contributed by atoms with Crippen molar-refractivity contribution in [2.75, 3.05) is 12.0 Å². The summed E-state index contributed by atoms with van der Waals surface area (Å²) < 4.78 is 5.05. The number of carbonyl (C=O) groups excluding carboxylic acids is 2. The number of aldehydes is 1. The number of carbonyl (C=O) groups is 2. The number of nitrogens with zero attached hydrogens (tertiary/aromatic N) is 1. The van der Waals surface area contributed by atoms with Crippen molar-refractivity contribution in [1.82, 2.24) is 0 Å². The lowest BCUT2D eigenvalue weighted by Gasteiger charge is -2.43. The van der Waals surface area contributed by atoms with Gasteiger partial charge in [-0.2, -0.15) is 0 Å². The Bertz CT molecular complexity index is 427. The number of methoxy groups -OCH3 is 1. The van der Waals surface area contributed by atoms with Crippen molar-refractivity contribution in [1.29, 1.82) is 0 Å². The van der Waals surface area contributed by atoms with Crippen LogP contribution in [0.4, 0.5) is 5.69 Å². The van der Waals surface area contributed by atoms with Crippen molar-refractivity contribution in [3.05, 3.63) is 24.3 Å². The van der Waals surface area contributed by atoms with Crippen LogP contribution in [0.1, 0.15) is 13.3 Å². The summed E-state index contributed by atoms with van der Waals surface area (Å²) in [6.07, 6.45) is 1.55. The van der Waals surface area contributed by atoms with E-state index >= 15 is 0 Å². The Kier molecular flexibility index (Phi) is 3.13. The number of anilines is 1. The first-order valence-electron chi connectivity index (χ1n) is 5.65. The number of ether oxygens (including phenoxy) is 1. The molecule has 90 valence electrons. The second-order valence-corrected chi connectivity index (χ2v) is 4.05. The molecular formula is C13H15NO3. The Hall–Kier alpha value is -1.84. The van der Waals surface area contributed by atoms with E-state index in [-0.39, 0.29) is 17.9 Å². The molecule has 1 aromatic carbocycles. The number of hydrogen-bond donors (Lipinski definition) is 0. The molecule has 0 radical (unpaired) electrons. The fourth-order valence-corrected chi connectivity index (χ4v) is 2.18. The Balaban J connectivity index is 2.22. The van der Waals surface area contributed by atoms with Gasteiger partial charge in [0.25, 0.3) is 0 Å². The molecule has 1 aliphatic rings. The minimum atomic E-state index is -0.319. The molecule has 0 unspecified atom stereocenters. The molecule has 1 heterocycles. The van der Waals surface area contributed by atoms with Gasteiger partial charge in [0.2, 0.25) is 5.91 Å². The van der Waals surface area contributed by atoms with E-state index in [9.17, 15) is 9.59 Å². The van der Waals surface area contributed by atoms with Crippen LogP contribution in [-0.2, 0) is 9.59 Å². The molecule has 0 N–H and O–H groups in total. The lowest BCUT2D eigenvalue weighted by molar-refractivity contribution is -0.134. The van der Waals surface area contributed by atoms with Crippen LogP contribution < -0.4 is 9.64 Å². The van der Waals surface area contributed by atoms with E-state index in [2.05, 4.69) is 0 Å². The van der Waals surface area contributed by atoms with Crippen molar-refractivity contribution in [2.45, 2.75) is 19.4 Å². The minimum absolute atomic E-state index is 0.0229. The topological polar surface area (TPSA) is 46.6 Å². The van der Waals surface area contributed by atoms with Gasteiger partial charge < -0.3 is 14.4 Å². The molecule has 1 saturated heterocycles. The van der Waals surface area contributed by atoms with Crippen LogP contribution in [0, 0.1) is 5.92 Å². The summed E-state index contributed by atoms with van der Waals surface area (Å²) in [7, 11) is 1.59. The molecule has 4 nitrogen and oxygen atoms in total. The SMILES string of the molecule is CC[C@H]1C(=O)N(c2ccc(OC)cc2)[C@H]1C=O. The summed E-state index contributed by atoms with van der Waals surface area (Å²) in [6.45, 7) is 1.92. The van der Waals surface area contributed by atoms with E-state index in [4.69, 9.17) is 4.74 Å². The third-order valence-corrected chi connectivity index (χ3v) is 3.19. The number of β-lactam (4-membered cyclic amide) rings is 1. The number of benzene rings is 1. The molecule has 1 aliphatic heterocycles. The highest BCUT2D eigenvalue weighted by molar-refractivity contribution is 6.08. The molecular weight excluding hydrogens is 218 g/mol. The molecule has 0 saturated carbocycles. The van der Waals surface area contributed by atoms with E-state index in [0.29, 0.717) is 6.42 Å². The highest BCUT2D eigenvalue weighted by Gasteiger charge is 2.46. The Morgan fingerprint density at radius 1 is 1.35 bits per heavy atom. The summed E-state index contributed by atoms with van der Waals surface area (Å²) >= 11 is 0. The van der Waals surface area contributed by atoms with Gasteiger partial charge in [0.1, 0.15) is 18.1 Å². The highest BCUT2D eigenvalue weighted by Crippen LogP contribution is 2.34. The van der Waals surface area contributed by atoms with Crippen LogP contribution in [-0.4, -0.2) is 25.3 Å². The predicted molar refractivity (Wildman–Crippen MR) is 64.1 cm³/mol. The third-order valence-electron chi connectivity index (χ3n) is 3.19. The van der Waals surface area contributed by atoms with Crippen molar-refractivity contribution in [3.8, 4) is 5.75 Å². The molecule has 2 rings (SSSR count). The van der Waals surface area contributed by atoms with Crippen LogP contribution in [0.3, 0.4) is 0 Å². The lowest BCUT2D eigenvalue weighted by Crippen LogP contribution is -2.62. The summed E-state index contributed by atoms with van der Waals surface area (Å²) in [5.41, 5.74) is 0.748. The van der Waals surface area contributed by atoms with Gasteiger partial charge in [0.05, 0.1) is 13.0 Å². The summed E-state index contributed by atoms with van der Waals surface area (Å²) in [5.74, 6) is 0.598.